The third kappa shape index (κ3) is 2.83. The summed E-state index contributed by atoms with van der Waals surface area (Å²) in [5.41, 5.74) is 1.71. The summed E-state index contributed by atoms with van der Waals surface area (Å²) >= 11 is 0. The summed E-state index contributed by atoms with van der Waals surface area (Å²) in [6.45, 7) is 6.89. The molecule has 19 heavy (non-hydrogen) atoms. The maximum atomic E-state index is 12.2. The number of carbonyl (C=O) groups is 1. The zero-order chi connectivity index (χ0) is 13.8. The molecule has 1 aliphatic heterocycles. The van der Waals surface area contributed by atoms with Crippen LogP contribution in [0.25, 0.3) is 0 Å². The minimum Gasteiger partial charge on any atom is -0.491 e. The molecule has 0 aliphatic carbocycles. The topological polar surface area (TPSA) is 50.4 Å². The van der Waals surface area contributed by atoms with Gasteiger partial charge >= 0.3 is 0 Å². The van der Waals surface area contributed by atoms with Gasteiger partial charge in [-0.1, -0.05) is 33.3 Å². The predicted molar refractivity (Wildman–Crippen MR) is 77.7 cm³/mol. The van der Waals surface area contributed by atoms with Crippen molar-refractivity contribution in [2.45, 2.75) is 39.7 Å². The van der Waals surface area contributed by atoms with Crippen LogP contribution in [0.15, 0.2) is 18.2 Å². The Morgan fingerprint density at radius 2 is 2.16 bits per heavy atom. The van der Waals surface area contributed by atoms with Crippen molar-refractivity contribution in [3.63, 3.8) is 0 Å². The molecule has 0 radical (unpaired) electrons. The fourth-order valence-corrected chi connectivity index (χ4v) is 2.18. The van der Waals surface area contributed by atoms with Crippen LogP contribution in [0.1, 0.15) is 33.6 Å². The van der Waals surface area contributed by atoms with E-state index in [1.807, 2.05) is 18.2 Å². The number of anilines is 2. The van der Waals surface area contributed by atoms with E-state index in [1.165, 1.54) is 0 Å². The van der Waals surface area contributed by atoms with E-state index in [0.717, 1.165) is 30.0 Å². The number of fused-ring (bicyclic) bond motifs is 1. The number of para-hydroxylation sites is 1. The van der Waals surface area contributed by atoms with Crippen molar-refractivity contribution in [3.05, 3.63) is 18.2 Å². The number of amides is 1. The molecule has 0 spiro atoms. The number of nitrogens with one attached hydrogen (secondary N) is 2. The van der Waals surface area contributed by atoms with E-state index < -0.39 is 0 Å². The third-order valence-electron chi connectivity index (χ3n) is 3.54. The lowest BCUT2D eigenvalue weighted by Crippen LogP contribution is -2.43. The van der Waals surface area contributed by atoms with Crippen molar-refractivity contribution in [3.8, 4) is 5.75 Å². The van der Waals surface area contributed by atoms with Crippen LogP contribution in [0.3, 0.4) is 0 Å². The summed E-state index contributed by atoms with van der Waals surface area (Å²) in [7, 11) is 0. The molecule has 2 unspecified atom stereocenters. The van der Waals surface area contributed by atoms with Crippen LogP contribution >= 0.6 is 0 Å². The zero-order valence-electron chi connectivity index (χ0n) is 11.8. The minimum atomic E-state index is -0.168. The van der Waals surface area contributed by atoms with Crippen LogP contribution in [-0.4, -0.2) is 18.6 Å². The number of ether oxygens (including phenoxy) is 1. The second-order valence-electron chi connectivity index (χ2n) is 5.02. The lowest BCUT2D eigenvalue weighted by Gasteiger charge is -2.31. The molecular weight excluding hydrogens is 240 g/mol. The lowest BCUT2D eigenvalue weighted by atomic mass is 9.96. The average molecular weight is 262 g/mol. The summed E-state index contributed by atoms with van der Waals surface area (Å²) in [6.07, 6.45) is 1.91. The van der Waals surface area contributed by atoms with Gasteiger partial charge in [0.05, 0.1) is 12.3 Å². The highest BCUT2D eigenvalue weighted by atomic mass is 16.5. The molecule has 2 N–H and O–H groups in total. The first-order valence-electron chi connectivity index (χ1n) is 7.00. The molecule has 2 atom stereocenters. The first-order valence-corrected chi connectivity index (χ1v) is 7.00. The largest absolute Gasteiger partial charge is 0.491 e. The Kier molecular flexibility index (Phi) is 4.30. The van der Waals surface area contributed by atoms with Gasteiger partial charge in [0.25, 0.3) is 0 Å². The van der Waals surface area contributed by atoms with Gasteiger partial charge in [0, 0.05) is 0 Å². The van der Waals surface area contributed by atoms with Gasteiger partial charge in [0.2, 0.25) is 5.91 Å². The van der Waals surface area contributed by atoms with Gasteiger partial charge in [-0.25, -0.2) is 0 Å². The summed E-state index contributed by atoms with van der Waals surface area (Å²) in [5, 5.41) is 6.30. The van der Waals surface area contributed by atoms with Crippen LogP contribution < -0.4 is 15.4 Å². The smallest absolute Gasteiger partial charge is 0.247 e. The molecule has 1 aliphatic rings. The molecule has 4 nitrogen and oxygen atoms in total. The van der Waals surface area contributed by atoms with Gasteiger partial charge in [-0.3, -0.25) is 4.79 Å². The molecule has 1 aromatic rings. The quantitative estimate of drug-likeness (QED) is 0.856. The van der Waals surface area contributed by atoms with Crippen molar-refractivity contribution in [2.24, 2.45) is 5.92 Å². The summed E-state index contributed by atoms with van der Waals surface area (Å²) in [4.78, 5) is 12.2. The van der Waals surface area contributed by atoms with Crippen LogP contribution in [-0.2, 0) is 4.79 Å². The van der Waals surface area contributed by atoms with Gasteiger partial charge < -0.3 is 15.4 Å². The Balaban J connectivity index is 2.24. The van der Waals surface area contributed by atoms with Crippen LogP contribution in [0.5, 0.6) is 5.75 Å². The highest BCUT2D eigenvalue weighted by Gasteiger charge is 2.30. The second-order valence-corrected chi connectivity index (χ2v) is 5.02. The second kappa shape index (κ2) is 5.95. The number of carbonyl (C=O) groups excluding carboxylic acids is 1. The Morgan fingerprint density at radius 1 is 1.37 bits per heavy atom. The van der Waals surface area contributed by atoms with E-state index in [2.05, 4.69) is 31.4 Å². The number of hydrogen-bond donors (Lipinski definition) is 2. The first kappa shape index (κ1) is 13.7. The molecule has 0 aromatic heterocycles. The maximum absolute atomic E-state index is 12.2. The fourth-order valence-electron chi connectivity index (χ4n) is 2.18. The molecule has 104 valence electrons. The SMILES string of the molecule is CCCOc1cccc2c1NC(=O)C(C(C)CC)N2. The molecular formula is C15H22N2O2. The minimum absolute atomic E-state index is 0.0226. The van der Waals surface area contributed by atoms with Gasteiger partial charge in [-0.2, -0.15) is 0 Å². The lowest BCUT2D eigenvalue weighted by molar-refractivity contribution is -0.118. The average Bonchev–Trinajstić information content (AvgIpc) is 2.43. The van der Waals surface area contributed by atoms with E-state index in [-0.39, 0.29) is 11.9 Å². The van der Waals surface area contributed by atoms with Crippen molar-refractivity contribution in [1.82, 2.24) is 0 Å². The molecule has 0 saturated carbocycles. The molecule has 2 rings (SSSR count). The van der Waals surface area contributed by atoms with E-state index in [1.54, 1.807) is 0 Å². The van der Waals surface area contributed by atoms with Crippen LogP contribution in [0.4, 0.5) is 11.4 Å². The van der Waals surface area contributed by atoms with E-state index in [9.17, 15) is 4.79 Å². The Labute approximate surface area is 114 Å². The summed E-state index contributed by atoms with van der Waals surface area (Å²) in [6, 6.07) is 5.64. The molecule has 1 heterocycles. The van der Waals surface area contributed by atoms with Gasteiger partial charge in [-0.05, 0) is 24.5 Å². The first-order chi connectivity index (χ1) is 9.17. The highest BCUT2D eigenvalue weighted by Crippen LogP contribution is 2.37. The Bertz CT molecular complexity index is 459. The number of benzene rings is 1. The van der Waals surface area contributed by atoms with Crippen molar-refractivity contribution >= 4 is 17.3 Å². The van der Waals surface area contributed by atoms with Gasteiger partial charge in [0.15, 0.2) is 0 Å². The standard InChI is InChI=1S/C15H22N2O2/c1-4-9-19-12-8-6-7-11-14(12)17-15(18)13(16-11)10(3)5-2/h6-8,10,13,16H,4-5,9H2,1-3H3,(H,17,18). The van der Waals surface area contributed by atoms with Gasteiger partial charge in [0.1, 0.15) is 17.5 Å². The fraction of sp³-hybridized carbons (Fsp3) is 0.533. The molecule has 4 heteroatoms. The van der Waals surface area contributed by atoms with Crippen LogP contribution in [0.2, 0.25) is 0 Å². The predicted octanol–water partition coefficient (Wildman–Crippen LogP) is 3.25. The van der Waals surface area contributed by atoms with E-state index in [0.29, 0.717) is 12.5 Å². The molecule has 0 bridgehead atoms. The van der Waals surface area contributed by atoms with Crippen molar-refractivity contribution in [1.29, 1.82) is 0 Å². The maximum Gasteiger partial charge on any atom is 0.247 e. The van der Waals surface area contributed by atoms with E-state index in [4.69, 9.17) is 4.74 Å². The molecule has 1 amide bonds. The summed E-state index contributed by atoms with van der Waals surface area (Å²) < 4.78 is 5.67. The molecule has 0 saturated heterocycles. The van der Waals surface area contributed by atoms with Crippen molar-refractivity contribution < 1.29 is 9.53 Å². The zero-order valence-corrected chi connectivity index (χ0v) is 11.8. The van der Waals surface area contributed by atoms with Gasteiger partial charge in [-0.15, -0.1) is 0 Å². The monoisotopic (exact) mass is 262 g/mol. The number of hydrogen-bond acceptors (Lipinski definition) is 3. The van der Waals surface area contributed by atoms with Crippen LogP contribution in [0, 0.1) is 5.92 Å². The Hall–Kier alpha value is -1.71. The highest BCUT2D eigenvalue weighted by molar-refractivity contribution is 6.04. The summed E-state index contributed by atoms with van der Waals surface area (Å²) in [5.74, 6) is 1.06. The third-order valence-corrected chi connectivity index (χ3v) is 3.54. The Morgan fingerprint density at radius 3 is 2.84 bits per heavy atom. The van der Waals surface area contributed by atoms with E-state index >= 15 is 0 Å². The molecule has 0 fully saturated rings. The molecule has 1 aromatic carbocycles. The normalized spacial score (nSPS) is 19.1. The van der Waals surface area contributed by atoms with Crippen molar-refractivity contribution in [2.75, 3.05) is 17.2 Å². The number of rotatable bonds is 5.